The number of hydrogen-bond donors (Lipinski definition) is 1. The molecule has 0 saturated heterocycles. The van der Waals surface area contributed by atoms with E-state index in [1.807, 2.05) is 42.5 Å². The predicted molar refractivity (Wildman–Crippen MR) is 89.3 cm³/mol. The van der Waals surface area contributed by atoms with Gasteiger partial charge in [-0.3, -0.25) is 0 Å². The zero-order chi connectivity index (χ0) is 14.7. The summed E-state index contributed by atoms with van der Waals surface area (Å²) in [4.78, 5) is 0. The molecule has 0 fully saturated rings. The minimum absolute atomic E-state index is 0.698. The van der Waals surface area contributed by atoms with Gasteiger partial charge < -0.3 is 9.88 Å². The van der Waals surface area contributed by atoms with Crippen molar-refractivity contribution in [2.75, 3.05) is 11.9 Å². The molecule has 0 amide bonds. The van der Waals surface area contributed by atoms with Crippen LogP contribution in [0.15, 0.2) is 59.2 Å². The smallest absolute Gasteiger partial charge is 0.0992 e. The molecule has 0 saturated carbocycles. The normalized spacial score (nSPS) is 10.5. The van der Waals surface area contributed by atoms with Crippen molar-refractivity contribution >= 4 is 32.5 Å². The van der Waals surface area contributed by atoms with E-state index in [-0.39, 0.29) is 0 Å². The summed E-state index contributed by atoms with van der Waals surface area (Å²) in [5.41, 5.74) is 2.90. The Bertz CT molecular complexity index is 797. The molecule has 0 spiro atoms. The molecule has 0 aliphatic carbocycles. The number of nitrogens with zero attached hydrogens (tertiary/aromatic N) is 2. The number of fused-ring (bicyclic) bond motifs is 1. The van der Waals surface area contributed by atoms with Crippen molar-refractivity contribution in [2.24, 2.45) is 0 Å². The molecule has 1 N–H and O–H groups in total. The summed E-state index contributed by atoms with van der Waals surface area (Å²) in [6, 6.07) is 18.2. The molecule has 3 nitrogen and oxygen atoms in total. The van der Waals surface area contributed by atoms with Gasteiger partial charge in [0, 0.05) is 35.0 Å². The summed E-state index contributed by atoms with van der Waals surface area (Å²) in [5.74, 6) is 0. The minimum atomic E-state index is 0.698. The number of rotatable bonds is 4. The van der Waals surface area contributed by atoms with Gasteiger partial charge in [-0.25, -0.2) is 0 Å². The number of aromatic nitrogens is 1. The predicted octanol–water partition coefficient (Wildman–Crippen LogP) is 4.39. The van der Waals surface area contributed by atoms with Crippen LogP contribution < -0.4 is 5.32 Å². The number of hydrogen-bond acceptors (Lipinski definition) is 2. The molecule has 4 heteroatoms. The quantitative estimate of drug-likeness (QED) is 0.765. The van der Waals surface area contributed by atoms with Gasteiger partial charge in [0.05, 0.1) is 11.6 Å². The first-order chi connectivity index (χ1) is 10.3. The lowest BCUT2D eigenvalue weighted by Gasteiger charge is -2.09. The molecule has 0 atom stereocenters. The lowest BCUT2D eigenvalue weighted by atomic mass is 10.2. The van der Waals surface area contributed by atoms with Gasteiger partial charge in [0.15, 0.2) is 0 Å². The monoisotopic (exact) mass is 339 g/mol. The van der Waals surface area contributed by atoms with E-state index in [0.717, 1.165) is 34.2 Å². The van der Waals surface area contributed by atoms with Crippen LogP contribution in [0.5, 0.6) is 0 Å². The zero-order valence-corrected chi connectivity index (χ0v) is 13.0. The Labute approximate surface area is 131 Å². The average Bonchev–Trinajstić information content (AvgIpc) is 2.91. The number of nitrogens with one attached hydrogen (secondary N) is 1. The maximum Gasteiger partial charge on any atom is 0.0992 e. The highest BCUT2D eigenvalue weighted by Gasteiger charge is 2.02. The second-order valence-corrected chi connectivity index (χ2v) is 5.74. The van der Waals surface area contributed by atoms with Crippen molar-refractivity contribution in [3.8, 4) is 6.07 Å². The molecule has 0 radical (unpaired) electrons. The highest BCUT2D eigenvalue weighted by Crippen LogP contribution is 2.18. The SMILES string of the molecule is N#Cc1ccc2ccn(CCNc3ccc(Br)cc3)c2c1. The van der Waals surface area contributed by atoms with Crippen LogP contribution >= 0.6 is 15.9 Å². The largest absolute Gasteiger partial charge is 0.383 e. The van der Waals surface area contributed by atoms with Gasteiger partial charge in [-0.15, -0.1) is 0 Å². The average molecular weight is 340 g/mol. The molecule has 2 aromatic carbocycles. The number of nitriles is 1. The third kappa shape index (κ3) is 3.09. The highest BCUT2D eigenvalue weighted by molar-refractivity contribution is 9.10. The Hall–Kier alpha value is -2.25. The van der Waals surface area contributed by atoms with Crippen LogP contribution in [-0.4, -0.2) is 11.1 Å². The molecule has 0 aliphatic heterocycles. The Balaban J connectivity index is 1.70. The molecule has 0 unspecified atom stereocenters. The van der Waals surface area contributed by atoms with E-state index in [9.17, 15) is 0 Å². The van der Waals surface area contributed by atoms with Gasteiger partial charge >= 0.3 is 0 Å². The molecule has 21 heavy (non-hydrogen) atoms. The Morgan fingerprint density at radius 1 is 1.10 bits per heavy atom. The maximum atomic E-state index is 9.00. The van der Waals surface area contributed by atoms with Crippen LogP contribution in [0.4, 0.5) is 5.69 Å². The van der Waals surface area contributed by atoms with Gasteiger partial charge in [-0.2, -0.15) is 5.26 Å². The molecule has 3 aromatic rings. The molecular weight excluding hydrogens is 326 g/mol. The van der Waals surface area contributed by atoms with E-state index in [1.54, 1.807) is 0 Å². The van der Waals surface area contributed by atoms with Gasteiger partial charge in [-0.05, 0) is 47.9 Å². The first-order valence-corrected chi connectivity index (χ1v) is 7.54. The van der Waals surface area contributed by atoms with E-state index >= 15 is 0 Å². The Morgan fingerprint density at radius 3 is 2.67 bits per heavy atom. The summed E-state index contributed by atoms with van der Waals surface area (Å²) in [6.45, 7) is 1.69. The molecule has 0 aliphatic rings. The molecule has 1 heterocycles. The van der Waals surface area contributed by atoms with Gasteiger partial charge in [0.25, 0.3) is 0 Å². The van der Waals surface area contributed by atoms with E-state index in [2.05, 4.69) is 44.1 Å². The third-order valence-corrected chi connectivity index (χ3v) is 3.96. The second-order valence-electron chi connectivity index (χ2n) is 4.83. The first-order valence-electron chi connectivity index (χ1n) is 6.75. The third-order valence-electron chi connectivity index (χ3n) is 3.43. The van der Waals surface area contributed by atoms with Crippen molar-refractivity contribution in [3.05, 3.63) is 64.8 Å². The Morgan fingerprint density at radius 2 is 1.90 bits per heavy atom. The maximum absolute atomic E-state index is 9.00. The molecule has 1 aromatic heterocycles. The topological polar surface area (TPSA) is 40.8 Å². The van der Waals surface area contributed by atoms with Crippen molar-refractivity contribution in [2.45, 2.75) is 6.54 Å². The van der Waals surface area contributed by atoms with Crippen molar-refractivity contribution in [1.29, 1.82) is 5.26 Å². The summed E-state index contributed by atoms with van der Waals surface area (Å²) in [5, 5.41) is 13.6. The summed E-state index contributed by atoms with van der Waals surface area (Å²) < 4.78 is 3.25. The fourth-order valence-corrected chi connectivity index (χ4v) is 2.60. The number of benzene rings is 2. The fourth-order valence-electron chi connectivity index (χ4n) is 2.34. The minimum Gasteiger partial charge on any atom is -0.383 e. The van der Waals surface area contributed by atoms with Gasteiger partial charge in [0.2, 0.25) is 0 Å². The van der Waals surface area contributed by atoms with Crippen LogP contribution in [0.2, 0.25) is 0 Å². The van der Waals surface area contributed by atoms with E-state index < -0.39 is 0 Å². The second kappa shape index (κ2) is 6.02. The summed E-state index contributed by atoms with van der Waals surface area (Å²) in [7, 11) is 0. The lowest BCUT2D eigenvalue weighted by molar-refractivity contribution is 0.757. The molecule has 3 rings (SSSR count). The van der Waals surface area contributed by atoms with Crippen LogP contribution in [-0.2, 0) is 6.54 Å². The van der Waals surface area contributed by atoms with Crippen LogP contribution in [0.1, 0.15) is 5.56 Å². The molecule has 104 valence electrons. The van der Waals surface area contributed by atoms with Crippen LogP contribution in [0.25, 0.3) is 10.9 Å². The fraction of sp³-hybridized carbons (Fsp3) is 0.118. The van der Waals surface area contributed by atoms with Gasteiger partial charge in [0.1, 0.15) is 0 Å². The summed E-state index contributed by atoms with van der Waals surface area (Å²) in [6.07, 6.45) is 2.06. The van der Waals surface area contributed by atoms with Crippen molar-refractivity contribution in [1.82, 2.24) is 4.57 Å². The standard InChI is InChI=1S/C17H14BrN3/c18-15-3-5-16(6-4-15)20-8-10-21-9-7-14-2-1-13(12-19)11-17(14)21/h1-7,9,11,20H,8,10H2. The lowest BCUT2D eigenvalue weighted by Crippen LogP contribution is -2.09. The van der Waals surface area contributed by atoms with E-state index in [0.29, 0.717) is 5.56 Å². The molecule has 0 bridgehead atoms. The zero-order valence-electron chi connectivity index (χ0n) is 11.4. The van der Waals surface area contributed by atoms with Crippen molar-refractivity contribution in [3.63, 3.8) is 0 Å². The number of anilines is 1. The van der Waals surface area contributed by atoms with Crippen LogP contribution in [0, 0.1) is 11.3 Å². The van der Waals surface area contributed by atoms with E-state index in [4.69, 9.17) is 5.26 Å². The summed E-state index contributed by atoms with van der Waals surface area (Å²) >= 11 is 3.43. The Kier molecular flexibility index (Phi) is 3.94. The molecular formula is C17H14BrN3. The van der Waals surface area contributed by atoms with Crippen LogP contribution in [0.3, 0.4) is 0 Å². The highest BCUT2D eigenvalue weighted by atomic mass is 79.9. The number of halogens is 1. The van der Waals surface area contributed by atoms with E-state index in [1.165, 1.54) is 0 Å². The first kappa shape index (κ1) is 13.7. The van der Waals surface area contributed by atoms with Gasteiger partial charge in [-0.1, -0.05) is 22.0 Å². The van der Waals surface area contributed by atoms with Crippen molar-refractivity contribution < 1.29 is 0 Å².